The summed E-state index contributed by atoms with van der Waals surface area (Å²) >= 11 is 0.288. The van der Waals surface area contributed by atoms with Crippen molar-refractivity contribution in [3.05, 3.63) is 227 Å². The van der Waals surface area contributed by atoms with Gasteiger partial charge < -0.3 is 18.9 Å². The third-order valence-electron chi connectivity index (χ3n) is 21.5. The molecule has 12 aromatic rings. The van der Waals surface area contributed by atoms with E-state index in [0.717, 1.165) is 135 Å². The van der Waals surface area contributed by atoms with Crippen LogP contribution < -0.4 is 14.2 Å². The molecule has 113 heavy (non-hydrogen) atoms. The third kappa shape index (κ3) is 18.8. The van der Waals surface area contributed by atoms with Gasteiger partial charge in [0.1, 0.15) is 109 Å². The maximum atomic E-state index is 14.7. The van der Waals surface area contributed by atoms with E-state index in [1.807, 2.05) is 80.3 Å². The smallest absolute Gasteiger partial charge is 0.180 e. The minimum atomic E-state index is -1.94. The van der Waals surface area contributed by atoms with Gasteiger partial charge in [0.2, 0.25) is 0 Å². The maximum absolute atomic E-state index is 14.7. The zero-order chi connectivity index (χ0) is 79.5. The molecule has 0 amide bonds. The first-order chi connectivity index (χ1) is 54.1. The summed E-state index contributed by atoms with van der Waals surface area (Å²) in [5.41, 5.74) is 16.1. The Morgan fingerprint density at radius 2 is 0.805 bits per heavy atom. The molecule has 0 saturated carbocycles. The average molecular weight is 1770 g/mol. The van der Waals surface area contributed by atoms with E-state index in [4.69, 9.17) is 28.9 Å². The van der Waals surface area contributed by atoms with Crippen molar-refractivity contribution < 1.29 is 36.9 Å². The summed E-state index contributed by atoms with van der Waals surface area (Å²) in [6.45, 7) is 34.8. The molecule has 3 aromatic carbocycles. The zero-order valence-electron chi connectivity index (χ0n) is 66.8. The number of Topliss-reactive ketones (excluding diaryl/α,β-unsaturated/α-hetero) is 1. The predicted octanol–water partition coefficient (Wildman–Crippen LogP) is 19.2. The number of rotatable bonds is 26. The number of unbranched alkanes of at least 4 members (excludes halogenated alkanes) is 3. The summed E-state index contributed by atoms with van der Waals surface area (Å²) in [6.07, 6.45) is 29.7. The van der Waals surface area contributed by atoms with Crippen molar-refractivity contribution in [1.82, 2.24) is 73.0 Å². The van der Waals surface area contributed by atoms with Crippen molar-refractivity contribution in [3.8, 4) is 50.6 Å². The molecule has 0 radical (unpaired) electrons. The summed E-state index contributed by atoms with van der Waals surface area (Å²) < 4.78 is 79.2. The van der Waals surface area contributed by atoms with Gasteiger partial charge >= 0.3 is 108 Å². The Hall–Kier alpha value is -9.28. The number of aryl methyl sites for hydroxylation is 9. The fraction of sp³-hybridized carbons (Fsp3) is 0.391. The molecule has 0 atom stereocenters. The summed E-state index contributed by atoms with van der Waals surface area (Å²) in [5.74, 6) is 6.48. The molecule has 0 aliphatic carbocycles. The van der Waals surface area contributed by atoms with Gasteiger partial charge in [-0.15, -0.1) is 12.4 Å². The second kappa shape index (κ2) is 38.2. The Labute approximate surface area is 683 Å². The maximum Gasteiger partial charge on any atom is 0.180 e. The van der Waals surface area contributed by atoms with E-state index in [-0.39, 0.29) is 35.6 Å². The van der Waals surface area contributed by atoms with Gasteiger partial charge in [0, 0.05) is 150 Å². The van der Waals surface area contributed by atoms with E-state index >= 15 is 0 Å². The molecule has 0 unspecified atom stereocenters. The van der Waals surface area contributed by atoms with Crippen LogP contribution >= 0.6 is 35.0 Å². The molecular weight excluding hydrogens is 1670 g/mol. The van der Waals surface area contributed by atoms with Gasteiger partial charge in [0.25, 0.3) is 0 Å². The summed E-state index contributed by atoms with van der Waals surface area (Å²) in [4.78, 5) is 66.4. The topological polar surface area (TPSA) is 222 Å². The molecule has 3 aliphatic rings. The number of benzene rings is 3. The number of hydrogen-bond acceptors (Lipinski definition) is 17. The average Bonchev–Trinajstić information content (AvgIpc) is 1.71. The van der Waals surface area contributed by atoms with Gasteiger partial charge in [0.05, 0.1) is 43.0 Å². The van der Waals surface area contributed by atoms with E-state index < -0.39 is 18.4 Å². The Bertz CT molecular complexity index is 5470. The number of hydrogen-bond donors (Lipinski definition) is 0. The Morgan fingerprint density at radius 1 is 0.469 bits per heavy atom. The molecule has 0 saturated heterocycles. The molecule has 592 valence electrons. The Balaban J connectivity index is 0.000000153. The molecule has 0 spiro atoms. The zero-order valence-corrected chi connectivity index (χ0v) is 72.6. The van der Waals surface area contributed by atoms with Gasteiger partial charge in [-0.25, -0.2) is 73.0 Å². The van der Waals surface area contributed by atoms with Crippen molar-refractivity contribution >= 4 is 81.5 Å². The SMILES string of the molecule is C=C(OCC)c1ncn2c(CCc3c(F)ccc4c3CCO4)ncc(-c3cnc(C)nc3C)c12.C=[C](C)[Sn]([CH2]CCC)([CH2]CCC)[CH2]CCC.CC(=O)c1ncn2c(CCc3c(F)ccc4c3CCO4)ncc(-c3cnc(C)nc3C)c12.Cc1ncc(-c2cnc(CCc3c(F)ccc4c3CCO4)n3cnc(I)c23)c(C)n1.Cl. The van der Waals surface area contributed by atoms with E-state index in [2.05, 4.69) is 113 Å². The minimum absolute atomic E-state index is 0. The molecular formula is C87H100ClF3IN15O5Sn. The molecule has 0 bridgehead atoms. The molecule has 12 heterocycles. The number of halogens is 5. The van der Waals surface area contributed by atoms with Crippen LogP contribution in [0.15, 0.2) is 109 Å². The van der Waals surface area contributed by atoms with E-state index in [9.17, 15) is 18.0 Å². The number of allylic oxidation sites excluding steroid dienone is 1. The molecule has 0 N–H and O–H groups in total. The van der Waals surface area contributed by atoms with Gasteiger partial charge in [-0.05, 0) is 143 Å². The van der Waals surface area contributed by atoms with Crippen LogP contribution in [0.3, 0.4) is 0 Å². The second-order valence-electron chi connectivity index (χ2n) is 29.0. The molecule has 20 nitrogen and oxygen atoms in total. The van der Waals surface area contributed by atoms with Crippen LogP contribution in [0.1, 0.15) is 182 Å². The second-order valence-corrected chi connectivity index (χ2v) is 44.0. The number of ketones is 1. The fourth-order valence-corrected chi connectivity index (χ4v) is 30.9. The number of aromatic nitrogens is 15. The van der Waals surface area contributed by atoms with Gasteiger partial charge in [-0.2, -0.15) is 0 Å². The first kappa shape index (κ1) is 84.6. The van der Waals surface area contributed by atoms with Crippen LogP contribution in [0, 0.1) is 62.7 Å². The van der Waals surface area contributed by atoms with Crippen molar-refractivity contribution in [1.29, 1.82) is 0 Å². The third-order valence-corrected chi connectivity index (χ3v) is 38.7. The summed E-state index contributed by atoms with van der Waals surface area (Å²) in [5, 5.41) is 0. The van der Waals surface area contributed by atoms with Crippen LogP contribution in [0.4, 0.5) is 13.2 Å². The molecule has 0 fully saturated rings. The van der Waals surface area contributed by atoms with Crippen LogP contribution in [0.2, 0.25) is 13.3 Å². The summed E-state index contributed by atoms with van der Waals surface area (Å²) in [7, 11) is 0. The van der Waals surface area contributed by atoms with Gasteiger partial charge in [-0.1, -0.05) is 6.58 Å². The van der Waals surface area contributed by atoms with E-state index in [0.29, 0.717) is 123 Å². The first-order valence-electron chi connectivity index (χ1n) is 39.0. The van der Waals surface area contributed by atoms with Crippen LogP contribution in [-0.2, 0) is 62.5 Å². The number of fused-ring (bicyclic) bond motifs is 6. The monoisotopic (exact) mass is 1770 g/mol. The predicted molar refractivity (Wildman–Crippen MR) is 450 cm³/mol. The number of nitrogens with zero attached hydrogens (tertiary/aromatic N) is 15. The van der Waals surface area contributed by atoms with Crippen molar-refractivity contribution in [2.24, 2.45) is 0 Å². The number of carbonyl (C=O) groups excluding carboxylic acids is 1. The van der Waals surface area contributed by atoms with Gasteiger partial charge in [0.15, 0.2) is 5.78 Å². The van der Waals surface area contributed by atoms with Crippen molar-refractivity contribution in [3.63, 3.8) is 0 Å². The number of ether oxygens (including phenoxy) is 4. The fourth-order valence-electron chi connectivity index (χ4n) is 15.6. The number of carbonyl (C=O) groups is 1. The minimum Gasteiger partial charge on any atom is -0.493 e. The Morgan fingerprint density at radius 3 is 1.15 bits per heavy atom. The standard InChI is InChI=1S/C26H26FN5O2.C24H22FN5O2.C22H19FIN5O.3C4H9.C3H5.ClH.Sn/c1-5-33-16(3)25-26-21(20-12-28-17(4)31-15(20)2)13-29-24(32(26)14-30-25)9-6-18-19-10-11-34-23(19)8-7-22(18)27;1-13-18(10-26-15(3)29-13)19-11-27-22(30-12-28-23(14(2)31)24(19)30)7-4-16-17-8-9-32-21(17)6-5-20(16)25;1-12-16(9-25-13(2)28-12)17-10-26-20(29-11-27-22(24)21(17)29)6-3-14-15-7-8-30-19(15)5-4-18(14)23;3*1-3-4-2;1-3-2;;/h7-8,12-14H,3,5-6,9-11H2,1-2,4H3;5-6,10-12H,4,7-9H2,1-3H3;4-5,9-11H,3,6-8H2,1-2H3;3*1,3-4H2,2H3;1H2,2H3;1H;. The van der Waals surface area contributed by atoms with Crippen LogP contribution in [0.25, 0.3) is 55.7 Å². The van der Waals surface area contributed by atoms with E-state index in [1.54, 1.807) is 72.7 Å². The van der Waals surface area contributed by atoms with Crippen LogP contribution in [-0.4, -0.2) is 124 Å². The molecule has 3 aliphatic heterocycles. The van der Waals surface area contributed by atoms with E-state index in [1.165, 1.54) is 63.6 Å². The van der Waals surface area contributed by atoms with Crippen molar-refractivity contribution in [2.45, 2.75) is 193 Å². The Kier molecular flexibility index (Phi) is 28.6. The molecule has 9 aromatic heterocycles. The normalized spacial score (nSPS) is 12.5. The first-order valence-corrected chi connectivity index (χ1v) is 47.5. The summed E-state index contributed by atoms with van der Waals surface area (Å²) in [6, 6.07) is 9.54. The van der Waals surface area contributed by atoms with Crippen molar-refractivity contribution in [2.75, 3.05) is 26.4 Å². The molecule has 15 rings (SSSR count). The molecule has 26 heteroatoms. The van der Waals surface area contributed by atoms with Crippen LogP contribution in [0.5, 0.6) is 17.2 Å². The largest absolute Gasteiger partial charge is 0.493 e. The quantitative estimate of drug-likeness (QED) is 0.0213. The van der Waals surface area contributed by atoms with Gasteiger partial charge in [-0.3, -0.25) is 18.0 Å². The number of imidazole rings is 3.